The lowest BCUT2D eigenvalue weighted by molar-refractivity contribution is 0.306. The van der Waals surface area contributed by atoms with E-state index in [0.29, 0.717) is 24.6 Å². The fraction of sp³-hybridized carbons (Fsp3) is 0.400. The fourth-order valence-corrected chi connectivity index (χ4v) is 3.13. The van der Waals surface area contributed by atoms with Crippen LogP contribution in [0.1, 0.15) is 31.0 Å². The van der Waals surface area contributed by atoms with Crippen molar-refractivity contribution in [1.82, 2.24) is 16.2 Å². The summed E-state index contributed by atoms with van der Waals surface area (Å²) < 4.78 is 5.86. The van der Waals surface area contributed by atoms with Gasteiger partial charge in [0.15, 0.2) is 0 Å². The number of ether oxygens (including phenoxy) is 1. The van der Waals surface area contributed by atoms with E-state index in [1.165, 1.54) is 11.1 Å². The van der Waals surface area contributed by atoms with Crippen molar-refractivity contribution in [3.05, 3.63) is 65.7 Å². The van der Waals surface area contributed by atoms with E-state index in [0.717, 1.165) is 18.8 Å². The Morgan fingerprint density at radius 1 is 1.00 bits per heavy atom. The van der Waals surface area contributed by atoms with Crippen LogP contribution in [-0.4, -0.2) is 19.1 Å². The van der Waals surface area contributed by atoms with Gasteiger partial charge in [-0.1, -0.05) is 56.3 Å². The molecule has 3 unspecified atom stereocenters. The first-order chi connectivity index (χ1) is 11.8. The zero-order chi connectivity index (χ0) is 16.8. The summed E-state index contributed by atoms with van der Waals surface area (Å²) in [6.45, 7) is 7.02. The topological polar surface area (TPSA) is 45.3 Å². The molecule has 24 heavy (non-hydrogen) atoms. The van der Waals surface area contributed by atoms with Crippen LogP contribution in [0.25, 0.3) is 0 Å². The van der Waals surface area contributed by atoms with Gasteiger partial charge in [0.25, 0.3) is 0 Å². The Bertz CT molecular complexity index is 615. The lowest BCUT2D eigenvalue weighted by Crippen LogP contribution is -2.39. The van der Waals surface area contributed by atoms with Crippen molar-refractivity contribution in [1.29, 1.82) is 0 Å². The molecule has 0 radical (unpaired) electrons. The van der Waals surface area contributed by atoms with Crippen LogP contribution in [-0.2, 0) is 6.61 Å². The predicted molar refractivity (Wildman–Crippen MR) is 97.7 cm³/mol. The fourth-order valence-electron chi connectivity index (χ4n) is 3.13. The second kappa shape index (κ2) is 8.29. The molecule has 128 valence electrons. The first kappa shape index (κ1) is 17.0. The normalized spacial score (nSPS) is 23.3. The molecule has 3 N–H and O–H groups in total. The summed E-state index contributed by atoms with van der Waals surface area (Å²) in [6.07, 6.45) is 0. The second-order valence-electron chi connectivity index (χ2n) is 6.38. The summed E-state index contributed by atoms with van der Waals surface area (Å²) in [7, 11) is 0. The summed E-state index contributed by atoms with van der Waals surface area (Å²) in [5, 5.41) is 3.41. The average molecular weight is 325 g/mol. The number of likely N-dealkylation sites (N-methyl/N-ethyl adjacent to an activating group) is 1. The average Bonchev–Trinajstić information content (AvgIpc) is 3.00. The quantitative estimate of drug-likeness (QED) is 0.732. The number of hydrogen-bond donors (Lipinski definition) is 3. The molecule has 0 aromatic heterocycles. The van der Waals surface area contributed by atoms with Crippen molar-refractivity contribution in [2.45, 2.75) is 32.5 Å². The Labute approximate surface area is 144 Å². The number of nitrogens with one attached hydrogen (secondary N) is 3. The van der Waals surface area contributed by atoms with Crippen LogP contribution >= 0.6 is 0 Å². The molecule has 1 fully saturated rings. The Hall–Kier alpha value is -1.88. The maximum Gasteiger partial charge on any atom is 0.119 e. The van der Waals surface area contributed by atoms with Crippen LogP contribution < -0.4 is 20.9 Å². The molecule has 2 aromatic carbocycles. The first-order valence-corrected chi connectivity index (χ1v) is 8.76. The minimum atomic E-state index is 0.330. The number of hydrazine groups is 1. The standard InChI is InChI=1S/C20H27N3O/c1-3-21-13-19-15(2)20(23-22-19)17-9-11-18(12-10-17)24-14-16-7-5-4-6-8-16/h4-12,15,19-23H,3,13-14H2,1-2H3. The molecule has 0 saturated carbocycles. The third-order valence-corrected chi connectivity index (χ3v) is 4.69. The van der Waals surface area contributed by atoms with Crippen LogP contribution in [0.15, 0.2) is 54.6 Å². The first-order valence-electron chi connectivity index (χ1n) is 8.76. The number of benzene rings is 2. The predicted octanol–water partition coefficient (Wildman–Crippen LogP) is 3.03. The summed E-state index contributed by atoms with van der Waals surface area (Å²) in [5.41, 5.74) is 9.31. The lowest BCUT2D eigenvalue weighted by Gasteiger charge is -2.19. The van der Waals surface area contributed by atoms with Gasteiger partial charge < -0.3 is 10.1 Å². The zero-order valence-electron chi connectivity index (χ0n) is 14.5. The van der Waals surface area contributed by atoms with E-state index in [4.69, 9.17) is 4.74 Å². The smallest absolute Gasteiger partial charge is 0.119 e. The molecule has 1 heterocycles. The third kappa shape index (κ3) is 4.15. The molecule has 1 aliphatic rings. The third-order valence-electron chi connectivity index (χ3n) is 4.69. The van der Waals surface area contributed by atoms with Crippen molar-refractivity contribution < 1.29 is 4.74 Å². The van der Waals surface area contributed by atoms with Gasteiger partial charge in [0.1, 0.15) is 12.4 Å². The van der Waals surface area contributed by atoms with E-state index in [2.05, 4.69) is 66.4 Å². The highest BCUT2D eigenvalue weighted by atomic mass is 16.5. The molecule has 2 aromatic rings. The van der Waals surface area contributed by atoms with Gasteiger partial charge >= 0.3 is 0 Å². The minimum absolute atomic E-state index is 0.330. The molecular formula is C20H27N3O. The van der Waals surface area contributed by atoms with Gasteiger partial charge in [0, 0.05) is 12.6 Å². The molecule has 4 heteroatoms. The number of rotatable bonds is 7. The molecule has 0 amide bonds. The molecule has 3 atom stereocenters. The van der Waals surface area contributed by atoms with Gasteiger partial charge in [-0.2, -0.15) is 0 Å². The molecule has 0 aliphatic carbocycles. The maximum atomic E-state index is 5.86. The van der Waals surface area contributed by atoms with Crippen molar-refractivity contribution in [2.24, 2.45) is 5.92 Å². The van der Waals surface area contributed by atoms with E-state index >= 15 is 0 Å². The highest BCUT2D eigenvalue weighted by Crippen LogP contribution is 2.29. The molecule has 3 rings (SSSR count). The van der Waals surface area contributed by atoms with Crippen molar-refractivity contribution in [2.75, 3.05) is 13.1 Å². The molecular weight excluding hydrogens is 298 g/mol. The summed E-state index contributed by atoms with van der Waals surface area (Å²) in [6, 6.07) is 19.5. The SMILES string of the molecule is CCNCC1NNC(c2ccc(OCc3ccccc3)cc2)C1C. The van der Waals surface area contributed by atoms with Gasteiger partial charge in [-0.15, -0.1) is 0 Å². The lowest BCUT2D eigenvalue weighted by atomic mass is 9.91. The summed E-state index contributed by atoms with van der Waals surface area (Å²) >= 11 is 0. The molecule has 0 bridgehead atoms. The molecule has 1 aliphatic heterocycles. The molecule has 0 spiro atoms. The van der Waals surface area contributed by atoms with Gasteiger partial charge in [-0.25, -0.2) is 5.43 Å². The summed E-state index contributed by atoms with van der Waals surface area (Å²) in [5.74, 6) is 1.44. The Balaban J connectivity index is 1.56. The number of hydrogen-bond acceptors (Lipinski definition) is 4. The largest absolute Gasteiger partial charge is 0.489 e. The van der Waals surface area contributed by atoms with Gasteiger partial charge in [-0.05, 0) is 35.7 Å². The van der Waals surface area contributed by atoms with Crippen molar-refractivity contribution >= 4 is 0 Å². The van der Waals surface area contributed by atoms with Crippen LogP contribution in [0.2, 0.25) is 0 Å². The van der Waals surface area contributed by atoms with E-state index < -0.39 is 0 Å². The van der Waals surface area contributed by atoms with E-state index in [1.807, 2.05) is 18.2 Å². The second-order valence-corrected chi connectivity index (χ2v) is 6.38. The van der Waals surface area contributed by atoms with Gasteiger partial charge in [0.2, 0.25) is 0 Å². The molecule has 4 nitrogen and oxygen atoms in total. The Morgan fingerprint density at radius 3 is 2.46 bits per heavy atom. The Morgan fingerprint density at radius 2 is 1.75 bits per heavy atom. The van der Waals surface area contributed by atoms with Crippen molar-refractivity contribution in [3.8, 4) is 5.75 Å². The minimum Gasteiger partial charge on any atom is -0.489 e. The van der Waals surface area contributed by atoms with E-state index in [9.17, 15) is 0 Å². The van der Waals surface area contributed by atoms with Crippen LogP contribution in [0.5, 0.6) is 5.75 Å². The maximum absolute atomic E-state index is 5.86. The van der Waals surface area contributed by atoms with Gasteiger partial charge in [0.05, 0.1) is 6.04 Å². The highest BCUT2D eigenvalue weighted by molar-refractivity contribution is 5.30. The Kier molecular flexibility index (Phi) is 5.86. The summed E-state index contributed by atoms with van der Waals surface area (Å²) in [4.78, 5) is 0. The van der Waals surface area contributed by atoms with Crippen molar-refractivity contribution in [3.63, 3.8) is 0 Å². The van der Waals surface area contributed by atoms with Crippen LogP contribution in [0.4, 0.5) is 0 Å². The monoisotopic (exact) mass is 325 g/mol. The highest BCUT2D eigenvalue weighted by Gasteiger charge is 2.32. The van der Waals surface area contributed by atoms with Crippen LogP contribution in [0, 0.1) is 5.92 Å². The molecule has 1 saturated heterocycles. The van der Waals surface area contributed by atoms with Gasteiger partial charge in [-0.3, -0.25) is 5.43 Å². The van der Waals surface area contributed by atoms with Crippen LogP contribution in [0.3, 0.4) is 0 Å². The van der Waals surface area contributed by atoms with E-state index in [-0.39, 0.29) is 0 Å². The van der Waals surface area contributed by atoms with E-state index in [1.54, 1.807) is 0 Å². The zero-order valence-corrected chi connectivity index (χ0v) is 14.5.